The Kier molecular flexibility index (Phi) is 3.69. The molecule has 0 aliphatic rings. The maximum atomic E-state index is 13.6. The SMILES string of the molecule is Cn1nccc1C(Cc1c(F)cccc1F)NN. The van der Waals surface area contributed by atoms with E-state index in [0.29, 0.717) is 0 Å². The van der Waals surface area contributed by atoms with Crippen LogP contribution < -0.4 is 11.3 Å². The Labute approximate surface area is 103 Å². The van der Waals surface area contributed by atoms with Gasteiger partial charge in [0, 0.05) is 25.2 Å². The molecule has 0 saturated heterocycles. The van der Waals surface area contributed by atoms with Crippen LogP contribution in [0.1, 0.15) is 17.3 Å². The zero-order valence-electron chi connectivity index (χ0n) is 9.90. The van der Waals surface area contributed by atoms with Crippen molar-refractivity contribution in [2.75, 3.05) is 0 Å². The Hall–Kier alpha value is -1.79. The molecule has 1 atom stereocenters. The zero-order chi connectivity index (χ0) is 13.1. The van der Waals surface area contributed by atoms with E-state index in [1.54, 1.807) is 24.0 Å². The molecule has 0 spiro atoms. The van der Waals surface area contributed by atoms with Crippen molar-refractivity contribution in [1.29, 1.82) is 0 Å². The van der Waals surface area contributed by atoms with Gasteiger partial charge in [0.2, 0.25) is 0 Å². The minimum absolute atomic E-state index is 0.0154. The van der Waals surface area contributed by atoms with Crippen LogP contribution in [-0.4, -0.2) is 9.78 Å². The number of nitrogens with two attached hydrogens (primary N) is 1. The van der Waals surface area contributed by atoms with Gasteiger partial charge in [0.25, 0.3) is 0 Å². The molecule has 96 valence electrons. The van der Waals surface area contributed by atoms with E-state index >= 15 is 0 Å². The number of nitrogens with one attached hydrogen (secondary N) is 1. The maximum Gasteiger partial charge on any atom is 0.129 e. The number of rotatable bonds is 4. The predicted octanol–water partition coefficient (Wildman–Crippen LogP) is 1.45. The van der Waals surface area contributed by atoms with Crippen LogP contribution in [0.3, 0.4) is 0 Å². The van der Waals surface area contributed by atoms with E-state index in [1.165, 1.54) is 18.2 Å². The minimum Gasteiger partial charge on any atom is -0.271 e. The lowest BCUT2D eigenvalue weighted by Gasteiger charge is -2.17. The van der Waals surface area contributed by atoms with Gasteiger partial charge in [-0.2, -0.15) is 5.10 Å². The summed E-state index contributed by atoms with van der Waals surface area (Å²) in [6.07, 6.45) is 1.73. The summed E-state index contributed by atoms with van der Waals surface area (Å²) >= 11 is 0. The van der Waals surface area contributed by atoms with Crippen LogP contribution in [0.25, 0.3) is 0 Å². The molecule has 0 radical (unpaired) electrons. The molecule has 0 saturated carbocycles. The summed E-state index contributed by atoms with van der Waals surface area (Å²) < 4.78 is 28.7. The smallest absolute Gasteiger partial charge is 0.129 e. The Bertz CT molecular complexity index is 518. The molecule has 6 heteroatoms. The van der Waals surface area contributed by atoms with Gasteiger partial charge in [-0.25, -0.2) is 8.78 Å². The highest BCUT2D eigenvalue weighted by Gasteiger charge is 2.18. The third-order valence-electron chi connectivity index (χ3n) is 2.89. The molecule has 1 aromatic carbocycles. The van der Waals surface area contributed by atoms with Gasteiger partial charge in [0.1, 0.15) is 11.6 Å². The van der Waals surface area contributed by atoms with Crippen LogP contribution in [0.4, 0.5) is 8.78 Å². The summed E-state index contributed by atoms with van der Waals surface area (Å²) in [4.78, 5) is 0. The molecular weight excluding hydrogens is 238 g/mol. The fraction of sp³-hybridized carbons (Fsp3) is 0.250. The van der Waals surface area contributed by atoms with E-state index in [-0.39, 0.29) is 12.0 Å². The van der Waals surface area contributed by atoms with Gasteiger partial charge in [-0.3, -0.25) is 16.0 Å². The monoisotopic (exact) mass is 252 g/mol. The fourth-order valence-electron chi connectivity index (χ4n) is 1.91. The van der Waals surface area contributed by atoms with Crippen molar-refractivity contribution in [2.45, 2.75) is 12.5 Å². The van der Waals surface area contributed by atoms with Crippen LogP contribution in [-0.2, 0) is 13.5 Å². The molecule has 0 amide bonds. The molecule has 0 aliphatic heterocycles. The largest absolute Gasteiger partial charge is 0.271 e. The third-order valence-corrected chi connectivity index (χ3v) is 2.89. The normalized spacial score (nSPS) is 12.7. The predicted molar refractivity (Wildman–Crippen MR) is 63.3 cm³/mol. The molecule has 18 heavy (non-hydrogen) atoms. The summed E-state index contributed by atoms with van der Waals surface area (Å²) in [7, 11) is 1.75. The van der Waals surface area contributed by atoms with Crippen molar-refractivity contribution in [1.82, 2.24) is 15.2 Å². The quantitative estimate of drug-likeness (QED) is 0.639. The first kappa shape index (κ1) is 12.7. The molecule has 0 bridgehead atoms. The Morgan fingerprint density at radius 3 is 2.50 bits per heavy atom. The molecule has 1 unspecified atom stereocenters. The summed E-state index contributed by atoms with van der Waals surface area (Å²) in [5, 5.41) is 4.01. The van der Waals surface area contributed by atoms with Crippen LogP contribution in [0.5, 0.6) is 0 Å². The number of nitrogens with zero attached hydrogens (tertiary/aromatic N) is 2. The maximum absolute atomic E-state index is 13.6. The van der Waals surface area contributed by atoms with Crippen molar-refractivity contribution in [2.24, 2.45) is 12.9 Å². The lowest BCUT2D eigenvalue weighted by Crippen LogP contribution is -2.31. The van der Waals surface area contributed by atoms with Crippen LogP contribution in [0.15, 0.2) is 30.5 Å². The summed E-state index contributed by atoms with van der Waals surface area (Å²) in [5.41, 5.74) is 3.33. The number of hydrazine groups is 1. The molecule has 1 heterocycles. The first-order valence-electron chi connectivity index (χ1n) is 5.50. The lowest BCUT2D eigenvalue weighted by atomic mass is 10.0. The molecule has 0 aliphatic carbocycles. The average Bonchev–Trinajstić information content (AvgIpc) is 2.76. The van der Waals surface area contributed by atoms with Crippen molar-refractivity contribution in [3.05, 3.63) is 53.4 Å². The Morgan fingerprint density at radius 1 is 1.33 bits per heavy atom. The first-order chi connectivity index (χ1) is 8.63. The molecular formula is C12H14F2N4. The highest BCUT2D eigenvalue weighted by atomic mass is 19.1. The third kappa shape index (κ3) is 2.39. The van der Waals surface area contributed by atoms with Crippen LogP contribution in [0.2, 0.25) is 0 Å². The van der Waals surface area contributed by atoms with E-state index in [9.17, 15) is 8.78 Å². The molecule has 1 aromatic heterocycles. The first-order valence-corrected chi connectivity index (χ1v) is 5.50. The lowest BCUT2D eigenvalue weighted by molar-refractivity contribution is 0.477. The Balaban J connectivity index is 2.29. The second kappa shape index (κ2) is 5.24. The van der Waals surface area contributed by atoms with Gasteiger partial charge in [-0.15, -0.1) is 0 Å². The highest BCUT2D eigenvalue weighted by molar-refractivity contribution is 5.22. The highest BCUT2D eigenvalue weighted by Crippen LogP contribution is 2.21. The zero-order valence-corrected chi connectivity index (χ0v) is 9.90. The number of benzene rings is 1. The van der Waals surface area contributed by atoms with Gasteiger partial charge >= 0.3 is 0 Å². The van der Waals surface area contributed by atoms with E-state index in [2.05, 4.69) is 10.5 Å². The van der Waals surface area contributed by atoms with E-state index < -0.39 is 17.7 Å². The van der Waals surface area contributed by atoms with E-state index in [4.69, 9.17) is 5.84 Å². The standard InChI is InChI=1S/C12H14F2N4/c1-18-12(5-6-16-18)11(17-15)7-8-9(13)3-2-4-10(8)14/h2-6,11,17H,7,15H2,1H3. The van der Waals surface area contributed by atoms with Crippen molar-refractivity contribution in [3.8, 4) is 0 Å². The van der Waals surface area contributed by atoms with Crippen LogP contribution in [0, 0.1) is 11.6 Å². The van der Waals surface area contributed by atoms with E-state index in [1.807, 2.05) is 0 Å². The number of aryl methyl sites for hydroxylation is 1. The number of aromatic nitrogens is 2. The second-order valence-corrected chi connectivity index (χ2v) is 4.00. The van der Waals surface area contributed by atoms with Gasteiger partial charge in [-0.05, 0) is 18.2 Å². The number of halogens is 2. The topological polar surface area (TPSA) is 55.9 Å². The molecule has 2 rings (SSSR count). The van der Waals surface area contributed by atoms with Crippen molar-refractivity contribution < 1.29 is 8.78 Å². The Morgan fingerprint density at radius 2 is 2.00 bits per heavy atom. The fourth-order valence-corrected chi connectivity index (χ4v) is 1.91. The van der Waals surface area contributed by atoms with Gasteiger partial charge in [0.05, 0.1) is 11.7 Å². The van der Waals surface area contributed by atoms with Crippen molar-refractivity contribution >= 4 is 0 Å². The van der Waals surface area contributed by atoms with Gasteiger partial charge in [0.15, 0.2) is 0 Å². The van der Waals surface area contributed by atoms with E-state index in [0.717, 1.165) is 5.69 Å². The summed E-state index contributed by atoms with van der Waals surface area (Å²) in [6.45, 7) is 0. The summed E-state index contributed by atoms with van der Waals surface area (Å²) in [6, 6.07) is 5.15. The van der Waals surface area contributed by atoms with Crippen molar-refractivity contribution in [3.63, 3.8) is 0 Å². The summed E-state index contributed by atoms with van der Waals surface area (Å²) in [5.74, 6) is 4.30. The molecule has 2 aromatic rings. The van der Waals surface area contributed by atoms with Crippen LogP contribution >= 0.6 is 0 Å². The number of hydrogen-bond donors (Lipinski definition) is 2. The van der Waals surface area contributed by atoms with Gasteiger partial charge in [-0.1, -0.05) is 6.07 Å². The second-order valence-electron chi connectivity index (χ2n) is 4.00. The minimum atomic E-state index is -0.572. The number of hydrogen-bond acceptors (Lipinski definition) is 3. The average molecular weight is 252 g/mol. The molecule has 4 nitrogen and oxygen atoms in total. The molecule has 0 fully saturated rings. The molecule has 3 N–H and O–H groups in total. The van der Waals surface area contributed by atoms with Gasteiger partial charge < -0.3 is 0 Å².